The van der Waals surface area contributed by atoms with Gasteiger partial charge in [-0.05, 0) is 37.7 Å². The first-order valence-corrected chi connectivity index (χ1v) is 8.06. The number of nitrogens with one attached hydrogen (secondary N) is 1. The van der Waals surface area contributed by atoms with Crippen molar-refractivity contribution in [2.24, 2.45) is 11.7 Å². The summed E-state index contributed by atoms with van der Waals surface area (Å²) in [6.07, 6.45) is 9.17. The van der Waals surface area contributed by atoms with Crippen LogP contribution in [0.1, 0.15) is 52.9 Å². The van der Waals surface area contributed by atoms with Gasteiger partial charge in [-0.1, -0.05) is 12.8 Å². The molecular weight excluding hydrogens is 272 g/mol. The number of hydrogen-bond acceptors (Lipinski definition) is 4. The average Bonchev–Trinajstić information content (AvgIpc) is 3.14. The number of rotatable bonds is 3. The van der Waals surface area contributed by atoms with E-state index in [-0.39, 0.29) is 5.91 Å². The summed E-state index contributed by atoms with van der Waals surface area (Å²) in [5.41, 5.74) is 7.24. The van der Waals surface area contributed by atoms with Crippen LogP contribution < -0.4 is 11.1 Å². The Hall–Kier alpha value is -1.36. The van der Waals surface area contributed by atoms with E-state index < -0.39 is 0 Å². The summed E-state index contributed by atoms with van der Waals surface area (Å²) in [6.45, 7) is 0. The fourth-order valence-corrected chi connectivity index (χ4v) is 4.18. The van der Waals surface area contributed by atoms with Gasteiger partial charge in [-0.15, -0.1) is 11.3 Å². The molecule has 1 heterocycles. The molecule has 3 rings (SSSR count). The van der Waals surface area contributed by atoms with Crippen LogP contribution in [0.15, 0.2) is 0 Å². The van der Waals surface area contributed by atoms with Crippen molar-refractivity contribution in [1.82, 2.24) is 0 Å². The van der Waals surface area contributed by atoms with Crippen molar-refractivity contribution in [2.45, 2.75) is 44.9 Å². The lowest BCUT2D eigenvalue weighted by molar-refractivity contribution is -0.110. The number of carbonyl (C=O) groups is 2. The molecule has 110 valence electrons. The van der Waals surface area contributed by atoms with E-state index in [1.807, 2.05) is 7.05 Å². The molecule has 1 saturated carbocycles. The standard InChI is InChI=1S/C9H12N2OS.C6H10O/c1-11-9-7(8(10)12)5-3-2-4-6(5)13-9;7-5-6-3-1-2-4-6/h11H,2-4H2,1H3,(H2,10,12);5-6H,1-4H2. The topological polar surface area (TPSA) is 72.2 Å². The average molecular weight is 294 g/mol. The van der Waals surface area contributed by atoms with E-state index in [9.17, 15) is 9.59 Å². The molecule has 0 radical (unpaired) electrons. The molecule has 5 heteroatoms. The number of anilines is 1. The molecule has 0 bridgehead atoms. The number of carbonyl (C=O) groups excluding carboxylic acids is 2. The van der Waals surface area contributed by atoms with Gasteiger partial charge in [0.15, 0.2) is 0 Å². The summed E-state index contributed by atoms with van der Waals surface area (Å²) in [5, 5.41) is 3.95. The zero-order valence-corrected chi connectivity index (χ0v) is 12.7. The SMILES string of the molecule is CNc1sc2c(c1C(N)=O)CCC2.O=CC1CCCC1. The molecule has 2 aliphatic carbocycles. The quantitative estimate of drug-likeness (QED) is 0.842. The molecule has 1 aromatic rings. The van der Waals surface area contributed by atoms with Crippen molar-refractivity contribution < 1.29 is 9.59 Å². The number of thiophene rings is 1. The van der Waals surface area contributed by atoms with Crippen molar-refractivity contribution in [3.8, 4) is 0 Å². The van der Waals surface area contributed by atoms with E-state index >= 15 is 0 Å². The highest BCUT2D eigenvalue weighted by Gasteiger charge is 2.24. The van der Waals surface area contributed by atoms with Crippen molar-refractivity contribution in [3.05, 3.63) is 16.0 Å². The second-order valence-corrected chi connectivity index (χ2v) is 6.46. The Morgan fingerprint density at radius 2 is 2.00 bits per heavy atom. The summed E-state index contributed by atoms with van der Waals surface area (Å²) in [5.74, 6) is 0.115. The number of fused-ring (bicyclic) bond motifs is 1. The highest BCUT2D eigenvalue weighted by Crippen LogP contribution is 2.38. The summed E-state index contributed by atoms with van der Waals surface area (Å²) < 4.78 is 0. The number of hydrogen-bond donors (Lipinski definition) is 2. The molecule has 0 atom stereocenters. The van der Waals surface area contributed by atoms with Crippen molar-refractivity contribution >= 4 is 28.5 Å². The van der Waals surface area contributed by atoms with Gasteiger partial charge >= 0.3 is 0 Å². The molecule has 3 N–H and O–H groups in total. The van der Waals surface area contributed by atoms with Crippen LogP contribution in [0.5, 0.6) is 0 Å². The lowest BCUT2D eigenvalue weighted by Crippen LogP contribution is -2.13. The van der Waals surface area contributed by atoms with Crippen LogP contribution in [-0.4, -0.2) is 19.2 Å². The van der Waals surface area contributed by atoms with Crippen LogP contribution in [-0.2, 0) is 17.6 Å². The molecule has 0 saturated heterocycles. The first-order chi connectivity index (χ1) is 9.67. The van der Waals surface area contributed by atoms with E-state index in [0.29, 0.717) is 5.92 Å². The summed E-state index contributed by atoms with van der Waals surface area (Å²) in [6, 6.07) is 0. The molecule has 0 spiro atoms. The molecule has 1 fully saturated rings. The van der Waals surface area contributed by atoms with E-state index in [0.717, 1.165) is 49.0 Å². The summed E-state index contributed by atoms with van der Waals surface area (Å²) >= 11 is 1.66. The fourth-order valence-electron chi connectivity index (χ4n) is 2.93. The van der Waals surface area contributed by atoms with Crippen LogP contribution in [0, 0.1) is 5.92 Å². The van der Waals surface area contributed by atoms with Gasteiger partial charge in [0, 0.05) is 17.8 Å². The van der Waals surface area contributed by atoms with Crippen LogP contribution >= 0.6 is 11.3 Å². The van der Waals surface area contributed by atoms with Crippen molar-refractivity contribution in [1.29, 1.82) is 0 Å². The maximum atomic E-state index is 11.2. The zero-order chi connectivity index (χ0) is 14.5. The number of aryl methyl sites for hydroxylation is 1. The second-order valence-electron chi connectivity index (χ2n) is 5.36. The Morgan fingerprint density at radius 3 is 2.50 bits per heavy atom. The number of aldehydes is 1. The Bertz CT molecular complexity index is 490. The second kappa shape index (κ2) is 6.88. The zero-order valence-electron chi connectivity index (χ0n) is 11.9. The lowest BCUT2D eigenvalue weighted by Gasteiger charge is -2.00. The van der Waals surface area contributed by atoms with Crippen LogP contribution in [0.2, 0.25) is 0 Å². The molecule has 0 aliphatic heterocycles. The Balaban J connectivity index is 0.000000178. The normalized spacial score (nSPS) is 17.2. The van der Waals surface area contributed by atoms with Crippen LogP contribution in [0.4, 0.5) is 5.00 Å². The minimum absolute atomic E-state index is 0.302. The van der Waals surface area contributed by atoms with Gasteiger partial charge in [0.1, 0.15) is 11.3 Å². The van der Waals surface area contributed by atoms with Gasteiger partial charge in [0.2, 0.25) is 0 Å². The molecule has 1 amide bonds. The summed E-state index contributed by atoms with van der Waals surface area (Å²) in [4.78, 5) is 22.5. The molecular formula is C15H22N2O2S. The fraction of sp³-hybridized carbons (Fsp3) is 0.600. The Labute approximate surface area is 123 Å². The molecule has 1 aromatic heterocycles. The van der Waals surface area contributed by atoms with E-state index in [1.54, 1.807) is 11.3 Å². The van der Waals surface area contributed by atoms with Gasteiger partial charge in [-0.3, -0.25) is 4.79 Å². The maximum absolute atomic E-state index is 11.2. The molecule has 0 aromatic carbocycles. The van der Waals surface area contributed by atoms with Gasteiger partial charge in [-0.2, -0.15) is 0 Å². The minimum Gasteiger partial charge on any atom is -0.379 e. The van der Waals surface area contributed by atoms with Crippen LogP contribution in [0.25, 0.3) is 0 Å². The first-order valence-electron chi connectivity index (χ1n) is 7.24. The predicted molar refractivity (Wildman–Crippen MR) is 82.4 cm³/mol. The van der Waals surface area contributed by atoms with Gasteiger partial charge in [0.05, 0.1) is 5.56 Å². The summed E-state index contributed by atoms with van der Waals surface area (Å²) in [7, 11) is 1.83. The third-order valence-electron chi connectivity index (χ3n) is 3.99. The minimum atomic E-state index is -0.302. The molecule has 0 unspecified atom stereocenters. The highest BCUT2D eigenvalue weighted by molar-refractivity contribution is 7.16. The Morgan fingerprint density at radius 1 is 1.30 bits per heavy atom. The largest absolute Gasteiger partial charge is 0.379 e. The molecule has 4 nitrogen and oxygen atoms in total. The van der Waals surface area contributed by atoms with Crippen molar-refractivity contribution in [2.75, 3.05) is 12.4 Å². The van der Waals surface area contributed by atoms with E-state index in [4.69, 9.17) is 5.73 Å². The van der Waals surface area contributed by atoms with Gasteiger partial charge in [-0.25, -0.2) is 0 Å². The Kier molecular flexibility index (Phi) is 5.17. The third-order valence-corrected chi connectivity index (χ3v) is 5.30. The van der Waals surface area contributed by atoms with E-state index in [2.05, 4.69) is 5.32 Å². The highest BCUT2D eigenvalue weighted by atomic mass is 32.1. The number of nitrogens with two attached hydrogens (primary N) is 1. The van der Waals surface area contributed by atoms with Crippen LogP contribution in [0.3, 0.4) is 0 Å². The van der Waals surface area contributed by atoms with E-state index in [1.165, 1.54) is 23.3 Å². The maximum Gasteiger partial charge on any atom is 0.251 e. The third kappa shape index (κ3) is 3.20. The number of primary amides is 1. The van der Waals surface area contributed by atoms with Gasteiger partial charge in [0.25, 0.3) is 5.91 Å². The van der Waals surface area contributed by atoms with Crippen molar-refractivity contribution in [3.63, 3.8) is 0 Å². The lowest BCUT2D eigenvalue weighted by atomic mass is 10.1. The number of amides is 1. The molecule has 20 heavy (non-hydrogen) atoms. The molecule has 2 aliphatic rings. The monoisotopic (exact) mass is 294 g/mol. The van der Waals surface area contributed by atoms with Gasteiger partial charge < -0.3 is 15.8 Å². The first kappa shape index (κ1) is 15.0. The predicted octanol–water partition coefficient (Wildman–Crippen LogP) is 2.75. The smallest absolute Gasteiger partial charge is 0.251 e.